The monoisotopic (exact) mass is 391 g/mol. The van der Waals surface area contributed by atoms with Gasteiger partial charge >= 0.3 is 11.9 Å². The van der Waals surface area contributed by atoms with Crippen molar-refractivity contribution < 1.29 is 28.3 Å². The molecule has 0 aliphatic carbocycles. The Labute approximate surface area is 161 Å². The number of anilines is 1. The summed E-state index contributed by atoms with van der Waals surface area (Å²) in [6, 6.07) is 5.17. The Kier molecular flexibility index (Phi) is 7.36. The molecule has 2 rings (SSSR count). The van der Waals surface area contributed by atoms with E-state index in [2.05, 4.69) is 5.32 Å². The van der Waals surface area contributed by atoms with Gasteiger partial charge in [-0.2, -0.15) is 0 Å². The molecule has 2 aromatic heterocycles. The summed E-state index contributed by atoms with van der Waals surface area (Å²) < 4.78 is 15.2. The lowest BCUT2D eigenvalue weighted by Crippen LogP contribution is -2.20. The fourth-order valence-electron chi connectivity index (χ4n) is 2.11. The highest BCUT2D eigenvalue weighted by atomic mass is 32.1. The van der Waals surface area contributed by atoms with Gasteiger partial charge in [0.2, 0.25) is 0 Å². The third-order valence-corrected chi connectivity index (χ3v) is 4.57. The highest BCUT2D eigenvalue weighted by molar-refractivity contribution is 7.16. The summed E-state index contributed by atoms with van der Waals surface area (Å²) in [6.45, 7) is 5.21. The molecule has 144 valence electrons. The Balaban J connectivity index is 1.91. The maximum atomic E-state index is 12.0. The van der Waals surface area contributed by atoms with Gasteiger partial charge in [-0.1, -0.05) is 6.92 Å². The van der Waals surface area contributed by atoms with Crippen molar-refractivity contribution in [2.75, 3.05) is 18.5 Å². The molecule has 0 aliphatic rings. The van der Waals surface area contributed by atoms with Crippen molar-refractivity contribution >= 4 is 40.3 Å². The van der Waals surface area contributed by atoms with E-state index in [9.17, 15) is 14.4 Å². The van der Waals surface area contributed by atoms with Gasteiger partial charge in [-0.3, -0.25) is 4.79 Å². The van der Waals surface area contributed by atoms with Gasteiger partial charge in [0, 0.05) is 11.0 Å². The second kappa shape index (κ2) is 9.72. The predicted octanol–water partition coefficient (Wildman–Crippen LogP) is 3.58. The fraction of sp³-hybridized carbons (Fsp3) is 0.316. The van der Waals surface area contributed by atoms with E-state index in [1.807, 2.05) is 6.92 Å². The van der Waals surface area contributed by atoms with E-state index in [0.29, 0.717) is 16.3 Å². The van der Waals surface area contributed by atoms with Gasteiger partial charge in [-0.25, -0.2) is 9.59 Å². The first-order valence-corrected chi connectivity index (χ1v) is 9.25. The van der Waals surface area contributed by atoms with Crippen LogP contribution < -0.4 is 5.32 Å². The number of carbonyl (C=O) groups excluding carboxylic acids is 3. The Morgan fingerprint density at radius 2 is 2.00 bits per heavy atom. The zero-order chi connectivity index (χ0) is 19.8. The molecule has 2 heterocycles. The van der Waals surface area contributed by atoms with Crippen LogP contribution in [0.2, 0.25) is 0 Å². The maximum Gasteiger partial charge on any atom is 0.341 e. The molecule has 0 radical (unpaired) electrons. The van der Waals surface area contributed by atoms with Crippen LogP contribution in [-0.4, -0.2) is 31.1 Å². The largest absolute Gasteiger partial charge is 0.462 e. The topological polar surface area (TPSA) is 94.8 Å². The van der Waals surface area contributed by atoms with Gasteiger partial charge < -0.3 is 19.2 Å². The number of hydrogen-bond acceptors (Lipinski definition) is 7. The van der Waals surface area contributed by atoms with Crippen molar-refractivity contribution in [2.24, 2.45) is 0 Å². The molecule has 0 aromatic carbocycles. The Morgan fingerprint density at radius 3 is 2.63 bits per heavy atom. The number of esters is 2. The van der Waals surface area contributed by atoms with Gasteiger partial charge in [-0.15, -0.1) is 11.3 Å². The van der Waals surface area contributed by atoms with Crippen molar-refractivity contribution in [3.63, 3.8) is 0 Å². The lowest BCUT2D eigenvalue weighted by atomic mass is 10.2. The second-order valence-electron chi connectivity index (χ2n) is 5.47. The molecular weight excluding hydrogens is 370 g/mol. The molecule has 8 heteroatoms. The van der Waals surface area contributed by atoms with Crippen LogP contribution in [-0.2, 0) is 25.5 Å². The molecule has 0 unspecified atom stereocenters. The van der Waals surface area contributed by atoms with E-state index >= 15 is 0 Å². The number of nitrogens with one attached hydrogen (secondary N) is 1. The molecule has 0 saturated heterocycles. The normalized spacial score (nSPS) is 10.8. The number of hydrogen-bond donors (Lipinski definition) is 1. The first-order valence-electron chi connectivity index (χ1n) is 8.43. The van der Waals surface area contributed by atoms with Crippen molar-refractivity contribution in [2.45, 2.75) is 27.2 Å². The number of furan rings is 1. The Bertz CT molecular complexity index is 848. The standard InChI is InChI=1S/C19H21NO6S/c1-4-14-10-15(19(23)24-5-2)18(27-14)20-16(21)11-25-17(22)9-8-13-7-6-12(3)26-13/h6-10H,4-5,11H2,1-3H3,(H,20,21)/b9-8+. The zero-order valence-electron chi connectivity index (χ0n) is 15.4. The second-order valence-corrected chi connectivity index (χ2v) is 6.60. The SMILES string of the molecule is CCOC(=O)c1cc(CC)sc1NC(=O)COC(=O)/C=C/c1ccc(C)o1. The molecule has 0 bridgehead atoms. The fourth-order valence-corrected chi connectivity index (χ4v) is 3.11. The Morgan fingerprint density at radius 1 is 1.22 bits per heavy atom. The van der Waals surface area contributed by atoms with E-state index in [1.165, 1.54) is 23.5 Å². The van der Waals surface area contributed by atoms with E-state index in [-0.39, 0.29) is 6.61 Å². The molecule has 0 atom stereocenters. The first kappa shape index (κ1) is 20.4. The summed E-state index contributed by atoms with van der Waals surface area (Å²) in [4.78, 5) is 36.7. The number of rotatable bonds is 8. The third kappa shape index (κ3) is 6.10. The average Bonchev–Trinajstić information content (AvgIpc) is 3.24. The van der Waals surface area contributed by atoms with Crippen molar-refractivity contribution in [3.05, 3.63) is 46.2 Å². The summed E-state index contributed by atoms with van der Waals surface area (Å²) in [5.41, 5.74) is 0.298. The van der Waals surface area contributed by atoms with Crippen LogP contribution in [0, 0.1) is 6.92 Å². The van der Waals surface area contributed by atoms with Crippen LogP contribution in [0.4, 0.5) is 5.00 Å². The van der Waals surface area contributed by atoms with Crippen LogP contribution in [0.25, 0.3) is 6.08 Å². The Hall–Kier alpha value is -2.87. The maximum absolute atomic E-state index is 12.0. The summed E-state index contributed by atoms with van der Waals surface area (Å²) in [6.07, 6.45) is 3.35. The highest BCUT2D eigenvalue weighted by Gasteiger charge is 2.19. The summed E-state index contributed by atoms with van der Waals surface area (Å²) in [7, 11) is 0. The summed E-state index contributed by atoms with van der Waals surface area (Å²) in [5, 5.41) is 2.98. The van der Waals surface area contributed by atoms with Crippen molar-refractivity contribution in [3.8, 4) is 0 Å². The van der Waals surface area contributed by atoms with Gasteiger partial charge in [0.1, 0.15) is 16.5 Å². The lowest BCUT2D eigenvalue weighted by Gasteiger charge is -2.06. The van der Waals surface area contributed by atoms with Crippen LogP contribution in [0.15, 0.2) is 28.7 Å². The predicted molar refractivity (Wildman–Crippen MR) is 102 cm³/mol. The number of ether oxygens (including phenoxy) is 2. The van der Waals surface area contributed by atoms with E-state index in [0.717, 1.165) is 17.1 Å². The minimum absolute atomic E-state index is 0.239. The number of thiophene rings is 1. The molecular formula is C19H21NO6S. The van der Waals surface area contributed by atoms with Gasteiger partial charge in [0.05, 0.1) is 12.2 Å². The van der Waals surface area contributed by atoms with E-state index in [4.69, 9.17) is 13.9 Å². The lowest BCUT2D eigenvalue weighted by molar-refractivity contribution is -0.142. The quantitative estimate of drug-likeness (QED) is 0.546. The number of carbonyl (C=O) groups is 3. The molecule has 7 nitrogen and oxygen atoms in total. The van der Waals surface area contributed by atoms with E-state index < -0.39 is 24.5 Å². The minimum atomic E-state index is -0.676. The molecule has 0 saturated carbocycles. The van der Waals surface area contributed by atoms with Crippen LogP contribution in [0.3, 0.4) is 0 Å². The zero-order valence-corrected chi connectivity index (χ0v) is 16.2. The van der Waals surface area contributed by atoms with Crippen LogP contribution >= 0.6 is 11.3 Å². The molecule has 1 amide bonds. The molecule has 2 aromatic rings. The van der Waals surface area contributed by atoms with E-state index in [1.54, 1.807) is 32.0 Å². The van der Waals surface area contributed by atoms with Gasteiger partial charge in [0.15, 0.2) is 6.61 Å². The van der Waals surface area contributed by atoms with Gasteiger partial charge in [-0.05, 0) is 44.5 Å². The molecule has 0 aliphatic heterocycles. The molecule has 0 fully saturated rings. The average molecular weight is 391 g/mol. The smallest absolute Gasteiger partial charge is 0.341 e. The molecule has 27 heavy (non-hydrogen) atoms. The highest BCUT2D eigenvalue weighted by Crippen LogP contribution is 2.29. The minimum Gasteiger partial charge on any atom is -0.462 e. The van der Waals surface area contributed by atoms with Crippen LogP contribution in [0.5, 0.6) is 0 Å². The molecule has 0 spiro atoms. The number of amides is 1. The molecule has 1 N–H and O–H groups in total. The number of aryl methyl sites for hydroxylation is 2. The van der Waals surface area contributed by atoms with Gasteiger partial charge in [0.25, 0.3) is 5.91 Å². The summed E-state index contributed by atoms with van der Waals surface area (Å²) >= 11 is 1.29. The first-order chi connectivity index (χ1) is 12.9. The van der Waals surface area contributed by atoms with Crippen molar-refractivity contribution in [1.29, 1.82) is 0 Å². The summed E-state index contributed by atoms with van der Waals surface area (Å²) in [5.74, 6) is -0.482. The third-order valence-electron chi connectivity index (χ3n) is 3.37. The van der Waals surface area contributed by atoms with Crippen molar-refractivity contribution in [1.82, 2.24) is 0 Å². The van der Waals surface area contributed by atoms with Crippen LogP contribution in [0.1, 0.15) is 40.6 Å².